The van der Waals surface area contributed by atoms with Crippen LogP contribution in [0.4, 0.5) is 32.0 Å². The van der Waals surface area contributed by atoms with E-state index in [1.165, 1.54) is 6.07 Å². The van der Waals surface area contributed by atoms with Gasteiger partial charge in [0, 0.05) is 4.47 Å². The third-order valence-corrected chi connectivity index (χ3v) is 3.51. The van der Waals surface area contributed by atoms with Gasteiger partial charge in [-0.1, -0.05) is 15.9 Å². The number of nitrogens with zero attached hydrogens (tertiary/aromatic N) is 1. The zero-order valence-corrected chi connectivity index (χ0v) is 14.5. The maximum absolute atomic E-state index is 14.2. The molecule has 1 amide bonds. The number of carbonyl (C=O) groups excluding carboxylic acids is 1. The summed E-state index contributed by atoms with van der Waals surface area (Å²) >= 11 is 2.94. The fourth-order valence-corrected chi connectivity index (χ4v) is 2.38. The molecule has 2 rings (SSSR count). The fourth-order valence-electron chi connectivity index (χ4n) is 1.95. The zero-order chi connectivity index (χ0) is 20.4. The minimum absolute atomic E-state index is 0.0108. The number of alkyl halides is 3. The third-order valence-electron chi connectivity index (χ3n) is 3.05. The van der Waals surface area contributed by atoms with Crippen LogP contribution in [-0.4, -0.2) is 5.91 Å². The van der Waals surface area contributed by atoms with Crippen molar-refractivity contribution < 1.29 is 35.9 Å². The molecule has 0 atom stereocenters. The second kappa shape index (κ2) is 7.87. The van der Waals surface area contributed by atoms with Gasteiger partial charge in [0.15, 0.2) is 29.0 Å². The van der Waals surface area contributed by atoms with E-state index < -0.39 is 53.0 Å². The van der Waals surface area contributed by atoms with Gasteiger partial charge in [-0.2, -0.15) is 18.4 Å². The van der Waals surface area contributed by atoms with E-state index in [0.29, 0.717) is 0 Å². The van der Waals surface area contributed by atoms with Crippen molar-refractivity contribution >= 4 is 27.5 Å². The number of halogens is 7. The smallest absolute Gasteiger partial charge is 0.416 e. The molecule has 0 aliphatic carbocycles. The third kappa shape index (κ3) is 4.91. The van der Waals surface area contributed by atoms with Crippen molar-refractivity contribution in [3.63, 3.8) is 0 Å². The Bertz CT molecular complexity index is 917. The minimum Gasteiger partial charge on any atom is -0.446 e. The van der Waals surface area contributed by atoms with Crippen LogP contribution in [0.5, 0.6) is 11.5 Å². The van der Waals surface area contributed by atoms with Crippen LogP contribution in [0.3, 0.4) is 0 Å². The molecule has 0 aliphatic rings. The summed E-state index contributed by atoms with van der Waals surface area (Å²) in [5, 5.41) is 10.6. The average molecular weight is 453 g/mol. The average Bonchev–Trinajstić information content (AvgIpc) is 2.51. The van der Waals surface area contributed by atoms with Crippen molar-refractivity contribution in [1.82, 2.24) is 0 Å². The predicted molar refractivity (Wildman–Crippen MR) is 84.4 cm³/mol. The van der Waals surface area contributed by atoms with Gasteiger partial charge in [-0.25, -0.2) is 13.2 Å². The van der Waals surface area contributed by atoms with Crippen molar-refractivity contribution in [2.45, 2.75) is 12.6 Å². The van der Waals surface area contributed by atoms with Crippen LogP contribution in [0.1, 0.15) is 12.0 Å². The molecule has 142 valence electrons. The topological polar surface area (TPSA) is 62.1 Å². The van der Waals surface area contributed by atoms with Crippen LogP contribution in [-0.2, 0) is 11.0 Å². The van der Waals surface area contributed by atoms with Crippen molar-refractivity contribution in [2.75, 3.05) is 5.32 Å². The van der Waals surface area contributed by atoms with Gasteiger partial charge in [0.2, 0.25) is 5.91 Å². The first-order valence-corrected chi connectivity index (χ1v) is 7.72. The van der Waals surface area contributed by atoms with E-state index in [1.54, 1.807) is 0 Å². The lowest BCUT2D eigenvalue weighted by atomic mass is 10.2. The number of ether oxygens (including phenoxy) is 1. The lowest BCUT2D eigenvalue weighted by molar-refractivity contribution is -0.138. The normalized spacial score (nSPS) is 11.0. The minimum atomic E-state index is -5.00. The van der Waals surface area contributed by atoms with Crippen molar-refractivity contribution in [1.29, 1.82) is 5.26 Å². The molecule has 2 aromatic rings. The standard InChI is InChI=1S/C16H7BrF6N2O2/c17-8-5-11(20)15(12(6-8)25-13(26)1-2-24)27-14-9(18)3-7(4-10(14)19)16(21,22)23/h3-6H,1H2,(H,25,26). The molecule has 1 N–H and O–H groups in total. The van der Waals surface area contributed by atoms with Crippen LogP contribution in [0.2, 0.25) is 0 Å². The monoisotopic (exact) mass is 452 g/mol. The second-order valence-electron chi connectivity index (χ2n) is 5.02. The summed E-state index contributed by atoms with van der Waals surface area (Å²) in [7, 11) is 0. The molecule has 0 fully saturated rings. The Labute approximate surface area is 156 Å². The second-order valence-corrected chi connectivity index (χ2v) is 5.93. The molecule has 4 nitrogen and oxygen atoms in total. The number of anilines is 1. The van der Waals surface area contributed by atoms with E-state index in [0.717, 1.165) is 12.1 Å². The Morgan fingerprint density at radius 2 is 1.63 bits per heavy atom. The Hall–Kier alpha value is -2.74. The van der Waals surface area contributed by atoms with E-state index in [-0.39, 0.29) is 22.3 Å². The number of hydrogen-bond acceptors (Lipinski definition) is 3. The Morgan fingerprint density at radius 3 is 2.15 bits per heavy atom. The van der Waals surface area contributed by atoms with Crippen LogP contribution in [0.25, 0.3) is 0 Å². The molecule has 11 heteroatoms. The van der Waals surface area contributed by atoms with Gasteiger partial charge in [-0.3, -0.25) is 4.79 Å². The van der Waals surface area contributed by atoms with Gasteiger partial charge in [0.25, 0.3) is 0 Å². The first-order chi connectivity index (χ1) is 12.5. The first kappa shape index (κ1) is 20.6. The lowest BCUT2D eigenvalue weighted by Gasteiger charge is -2.15. The molecule has 0 aliphatic heterocycles. The van der Waals surface area contributed by atoms with Crippen molar-refractivity contribution in [3.05, 3.63) is 51.8 Å². The number of amides is 1. The van der Waals surface area contributed by atoms with Gasteiger partial charge in [0.05, 0.1) is 17.3 Å². The van der Waals surface area contributed by atoms with Gasteiger partial charge in [0.1, 0.15) is 6.42 Å². The largest absolute Gasteiger partial charge is 0.446 e. The van der Waals surface area contributed by atoms with Crippen LogP contribution >= 0.6 is 15.9 Å². The molecular formula is C16H7BrF6N2O2. The highest BCUT2D eigenvalue weighted by Crippen LogP contribution is 2.39. The molecule has 0 bridgehead atoms. The van der Waals surface area contributed by atoms with Crippen LogP contribution in [0, 0.1) is 28.8 Å². The number of benzene rings is 2. The van der Waals surface area contributed by atoms with Crippen molar-refractivity contribution in [3.8, 4) is 17.6 Å². The van der Waals surface area contributed by atoms with E-state index in [9.17, 15) is 31.1 Å². The Kier molecular flexibility index (Phi) is 6.00. The highest BCUT2D eigenvalue weighted by atomic mass is 79.9. The first-order valence-electron chi connectivity index (χ1n) is 6.93. The van der Waals surface area contributed by atoms with E-state index >= 15 is 0 Å². The van der Waals surface area contributed by atoms with Gasteiger partial charge >= 0.3 is 6.18 Å². The zero-order valence-electron chi connectivity index (χ0n) is 12.9. The summed E-state index contributed by atoms with van der Waals surface area (Å²) in [6, 6.07) is 3.48. The molecular weight excluding hydrogens is 446 g/mol. The summed E-state index contributed by atoms with van der Waals surface area (Å²) in [5.41, 5.74) is -1.98. The quantitative estimate of drug-likeness (QED) is 0.620. The highest BCUT2D eigenvalue weighted by Gasteiger charge is 2.33. The number of nitriles is 1. The predicted octanol–water partition coefficient (Wildman–Crippen LogP) is 5.53. The van der Waals surface area contributed by atoms with E-state index in [4.69, 9.17) is 10.00 Å². The van der Waals surface area contributed by atoms with Gasteiger partial charge in [-0.05, 0) is 24.3 Å². The molecule has 2 aromatic carbocycles. The number of hydrogen-bond donors (Lipinski definition) is 1. The molecule has 0 saturated heterocycles. The van der Waals surface area contributed by atoms with Gasteiger partial charge < -0.3 is 10.1 Å². The van der Waals surface area contributed by atoms with Crippen LogP contribution in [0.15, 0.2) is 28.7 Å². The SMILES string of the molecule is N#CCC(=O)Nc1cc(Br)cc(F)c1Oc1c(F)cc(C(F)(F)F)cc1F. The molecule has 0 saturated carbocycles. The van der Waals surface area contributed by atoms with Gasteiger partial charge in [-0.15, -0.1) is 0 Å². The van der Waals surface area contributed by atoms with E-state index in [1.807, 2.05) is 0 Å². The summed E-state index contributed by atoms with van der Waals surface area (Å²) in [4.78, 5) is 11.5. The Morgan fingerprint density at radius 1 is 1.07 bits per heavy atom. The van der Waals surface area contributed by atoms with E-state index in [2.05, 4.69) is 21.2 Å². The summed E-state index contributed by atoms with van der Waals surface area (Å²) in [6.07, 6.45) is -5.60. The number of nitrogens with one attached hydrogen (secondary N) is 1. The molecule has 0 heterocycles. The summed E-state index contributed by atoms with van der Waals surface area (Å²) < 4.78 is 84.7. The number of carbonyl (C=O) groups is 1. The van der Waals surface area contributed by atoms with Crippen LogP contribution < -0.4 is 10.1 Å². The van der Waals surface area contributed by atoms with Crippen molar-refractivity contribution in [2.24, 2.45) is 0 Å². The molecule has 0 aromatic heterocycles. The molecule has 0 spiro atoms. The Balaban J connectivity index is 2.49. The highest BCUT2D eigenvalue weighted by molar-refractivity contribution is 9.10. The fraction of sp³-hybridized carbons (Fsp3) is 0.125. The number of rotatable bonds is 4. The maximum atomic E-state index is 14.2. The molecule has 0 radical (unpaired) electrons. The molecule has 27 heavy (non-hydrogen) atoms. The summed E-state index contributed by atoms with van der Waals surface area (Å²) in [5.74, 6) is -7.62. The summed E-state index contributed by atoms with van der Waals surface area (Å²) in [6.45, 7) is 0. The lowest BCUT2D eigenvalue weighted by Crippen LogP contribution is -2.12. The molecule has 0 unspecified atom stereocenters. The maximum Gasteiger partial charge on any atom is 0.416 e.